The number of alkyl halides is 1. The van der Waals surface area contributed by atoms with Crippen molar-refractivity contribution in [1.82, 2.24) is 0 Å². The molecule has 0 bridgehead atoms. The molecule has 1 aromatic carbocycles. The lowest BCUT2D eigenvalue weighted by molar-refractivity contribution is 0.567. The highest BCUT2D eigenvalue weighted by molar-refractivity contribution is 6.17. The highest BCUT2D eigenvalue weighted by Gasteiger charge is 2.32. The van der Waals surface area contributed by atoms with Crippen molar-refractivity contribution in [2.75, 3.05) is 11.4 Å². The largest absolute Gasteiger partial charge is 0.363 e. The van der Waals surface area contributed by atoms with Crippen LogP contribution in [-0.2, 0) is 5.88 Å². The Kier molecular flexibility index (Phi) is 4.03. The Labute approximate surface area is 110 Å². The van der Waals surface area contributed by atoms with Crippen LogP contribution < -0.4 is 4.90 Å². The zero-order valence-corrected chi connectivity index (χ0v) is 10.6. The van der Waals surface area contributed by atoms with Gasteiger partial charge in [-0.25, -0.2) is 8.78 Å². The van der Waals surface area contributed by atoms with Gasteiger partial charge in [-0.05, 0) is 30.5 Å². The molecule has 96 valence electrons. The van der Waals surface area contributed by atoms with Crippen molar-refractivity contribution < 1.29 is 8.78 Å². The molecule has 0 atom stereocenters. The number of halogens is 3. The molecule has 2 rings (SSSR count). The zero-order valence-electron chi connectivity index (χ0n) is 9.80. The van der Waals surface area contributed by atoms with Gasteiger partial charge in [-0.1, -0.05) is 0 Å². The normalized spacial score (nSPS) is 14.3. The van der Waals surface area contributed by atoms with Crippen LogP contribution in [0.2, 0.25) is 0 Å². The quantitative estimate of drug-likeness (QED) is 0.765. The van der Waals surface area contributed by atoms with Gasteiger partial charge in [0.25, 0.3) is 0 Å². The van der Waals surface area contributed by atoms with E-state index in [9.17, 15) is 8.78 Å². The van der Waals surface area contributed by atoms with Crippen LogP contribution in [0.5, 0.6) is 0 Å². The summed E-state index contributed by atoms with van der Waals surface area (Å²) in [7, 11) is 0. The van der Waals surface area contributed by atoms with Crippen LogP contribution in [0.1, 0.15) is 24.8 Å². The van der Waals surface area contributed by atoms with E-state index < -0.39 is 11.6 Å². The molecule has 2 nitrogen and oxygen atoms in total. The number of hydrogen-bond acceptors (Lipinski definition) is 2. The first-order chi connectivity index (χ1) is 8.67. The van der Waals surface area contributed by atoms with Crippen LogP contribution in [0, 0.1) is 23.0 Å². The molecule has 0 aliphatic heterocycles. The van der Waals surface area contributed by atoms with Crippen LogP contribution in [-0.4, -0.2) is 12.6 Å². The standard InChI is InChI=1S/C13H13ClF2N2/c14-8-9-6-11(15)13(12(16)7-9)18(5-1-4-17)10-2-3-10/h6-7,10H,1-3,5,8H2. The number of nitrogens with zero attached hydrogens (tertiary/aromatic N) is 2. The van der Waals surface area contributed by atoms with Crippen molar-refractivity contribution in [3.05, 3.63) is 29.3 Å². The molecule has 1 saturated carbocycles. The van der Waals surface area contributed by atoms with E-state index in [0.29, 0.717) is 12.1 Å². The molecule has 1 aromatic rings. The number of benzene rings is 1. The van der Waals surface area contributed by atoms with Gasteiger partial charge in [0.05, 0.1) is 12.5 Å². The van der Waals surface area contributed by atoms with Gasteiger partial charge in [0.1, 0.15) is 17.3 Å². The van der Waals surface area contributed by atoms with Gasteiger partial charge in [-0.15, -0.1) is 11.6 Å². The molecule has 1 aliphatic rings. The van der Waals surface area contributed by atoms with Gasteiger partial charge in [0.2, 0.25) is 0 Å². The third-order valence-corrected chi connectivity index (χ3v) is 3.28. The minimum atomic E-state index is -0.601. The second-order valence-electron chi connectivity index (χ2n) is 4.37. The molecule has 0 heterocycles. The fourth-order valence-electron chi connectivity index (χ4n) is 2.00. The van der Waals surface area contributed by atoms with E-state index in [0.717, 1.165) is 12.8 Å². The first kappa shape index (κ1) is 13.1. The van der Waals surface area contributed by atoms with E-state index in [1.165, 1.54) is 12.1 Å². The van der Waals surface area contributed by atoms with E-state index in [1.54, 1.807) is 4.90 Å². The van der Waals surface area contributed by atoms with Crippen LogP contribution in [0.4, 0.5) is 14.5 Å². The molecule has 5 heteroatoms. The predicted octanol–water partition coefficient (Wildman–Crippen LogP) is 3.59. The number of nitriles is 1. The summed E-state index contributed by atoms with van der Waals surface area (Å²) in [5.74, 6) is -1.12. The molecule has 0 unspecified atom stereocenters. The van der Waals surface area contributed by atoms with Gasteiger partial charge in [0, 0.05) is 18.5 Å². The predicted molar refractivity (Wildman–Crippen MR) is 66.5 cm³/mol. The number of rotatable bonds is 5. The third-order valence-electron chi connectivity index (χ3n) is 2.97. The number of anilines is 1. The molecule has 0 radical (unpaired) electrons. The first-order valence-corrected chi connectivity index (χ1v) is 6.38. The van der Waals surface area contributed by atoms with Gasteiger partial charge >= 0.3 is 0 Å². The summed E-state index contributed by atoms with van der Waals surface area (Å²) in [6.45, 7) is 0.356. The summed E-state index contributed by atoms with van der Waals surface area (Å²) >= 11 is 5.57. The van der Waals surface area contributed by atoms with E-state index in [2.05, 4.69) is 0 Å². The Morgan fingerprint density at radius 3 is 2.39 bits per heavy atom. The van der Waals surface area contributed by atoms with Crippen LogP contribution in [0.15, 0.2) is 12.1 Å². The van der Waals surface area contributed by atoms with Gasteiger partial charge in [-0.3, -0.25) is 0 Å². The molecule has 18 heavy (non-hydrogen) atoms. The minimum Gasteiger partial charge on any atom is -0.363 e. The average Bonchev–Trinajstić information content (AvgIpc) is 3.16. The van der Waals surface area contributed by atoms with Gasteiger partial charge in [0.15, 0.2) is 0 Å². The highest BCUT2D eigenvalue weighted by atomic mass is 35.5. The van der Waals surface area contributed by atoms with Crippen LogP contribution in [0.25, 0.3) is 0 Å². The molecule has 0 aromatic heterocycles. The van der Waals surface area contributed by atoms with Gasteiger partial charge in [-0.2, -0.15) is 5.26 Å². The van der Waals surface area contributed by atoms with Crippen molar-refractivity contribution in [2.24, 2.45) is 0 Å². The minimum absolute atomic E-state index is 0.0263. The Morgan fingerprint density at radius 2 is 1.94 bits per heavy atom. The topological polar surface area (TPSA) is 27.0 Å². The summed E-state index contributed by atoms with van der Waals surface area (Å²) < 4.78 is 27.9. The molecule has 0 amide bonds. The SMILES string of the molecule is N#CCCN(c1c(F)cc(CCl)cc1F)C1CC1. The van der Waals surface area contributed by atoms with Crippen molar-refractivity contribution in [2.45, 2.75) is 31.2 Å². The van der Waals surface area contributed by atoms with E-state index in [4.69, 9.17) is 16.9 Å². The number of hydrogen-bond donors (Lipinski definition) is 0. The summed E-state index contributed by atoms with van der Waals surface area (Å²) in [4.78, 5) is 1.66. The molecule has 1 aliphatic carbocycles. The molecule has 0 spiro atoms. The summed E-state index contributed by atoms with van der Waals surface area (Å²) in [5, 5.41) is 8.60. The van der Waals surface area contributed by atoms with Crippen molar-refractivity contribution in [1.29, 1.82) is 5.26 Å². The van der Waals surface area contributed by atoms with Crippen LogP contribution >= 0.6 is 11.6 Å². The fraction of sp³-hybridized carbons (Fsp3) is 0.462. The summed E-state index contributed by atoms with van der Waals surface area (Å²) in [6.07, 6.45) is 2.09. The van der Waals surface area contributed by atoms with E-state index in [-0.39, 0.29) is 24.0 Å². The second-order valence-corrected chi connectivity index (χ2v) is 4.64. The monoisotopic (exact) mass is 270 g/mol. The maximum Gasteiger partial charge on any atom is 0.149 e. The average molecular weight is 271 g/mol. The first-order valence-electron chi connectivity index (χ1n) is 5.85. The Morgan fingerprint density at radius 1 is 1.33 bits per heavy atom. The van der Waals surface area contributed by atoms with Gasteiger partial charge < -0.3 is 4.90 Å². The molecule has 1 fully saturated rings. The fourth-order valence-corrected chi connectivity index (χ4v) is 2.16. The molecular weight excluding hydrogens is 258 g/mol. The molecular formula is C13H13ClF2N2. The maximum atomic E-state index is 13.9. The van der Waals surface area contributed by atoms with E-state index in [1.807, 2.05) is 6.07 Å². The lowest BCUT2D eigenvalue weighted by Gasteiger charge is -2.24. The van der Waals surface area contributed by atoms with Crippen LogP contribution in [0.3, 0.4) is 0 Å². The lowest BCUT2D eigenvalue weighted by Crippen LogP contribution is -2.28. The van der Waals surface area contributed by atoms with Crippen molar-refractivity contribution in [3.8, 4) is 6.07 Å². The zero-order chi connectivity index (χ0) is 13.1. The third kappa shape index (κ3) is 2.73. The second kappa shape index (κ2) is 5.53. The maximum absolute atomic E-state index is 13.9. The Balaban J connectivity index is 2.32. The molecule has 0 N–H and O–H groups in total. The summed E-state index contributed by atoms with van der Waals surface area (Å²) in [6, 6.07) is 4.68. The Bertz CT molecular complexity index is 457. The van der Waals surface area contributed by atoms with Crippen molar-refractivity contribution >= 4 is 17.3 Å². The smallest absolute Gasteiger partial charge is 0.149 e. The Hall–Kier alpha value is -1.34. The highest BCUT2D eigenvalue weighted by Crippen LogP contribution is 2.35. The lowest BCUT2D eigenvalue weighted by atomic mass is 10.1. The van der Waals surface area contributed by atoms with Crippen molar-refractivity contribution in [3.63, 3.8) is 0 Å². The summed E-state index contributed by atoms with van der Waals surface area (Å²) in [5.41, 5.74) is 0.396. The molecule has 0 saturated heterocycles. The van der Waals surface area contributed by atoms with E-state index >= 15 is 0 Å².